The van der Waals surface area contributed by atoms with Gasteiger partial charge in [0.1, 0.15) is 0 Å². The van der Waals surface area contributed by atoms with Gasteiger partial charge in [-0.05, 0) is 59.6 Å². The molecule has 2 unspecified atom stereocenters. The van der Waals surface area contributed by atoms with Gasteiger partial charge in [-0.2, -0.15) is 5.26 Å². The maximum Gasteiger partial charge on any atom is 0.257 e. The van der Waals surface area contributed by atoms with Crippen LogP contribution >= 0.6 is 0 Å². The second kappa shape index (κ2) is 5.93. The van der Waals surface area contributed by atoms with Crippen LogP contribution in [0.2, 0.25) is 0 Å². The number of carbonyl (C=O) groups is 2. The highest BCUT2D eigenvalue weighted by atomic mass is 16.2. The van der Waals surface area contributed by atoms with Gasteiger partial charge in [0.25, 0.3) is 5.91 Å². The number of amides is 1. The number of Topliss-reactive ketones (excluding diaryl/α,β-unsaturated/α-hetero) is 1. The molecular formula is C18H27N3O2. The van der Waals surface area contributed by atoms with Crippen LogP contribution in [-0.4, -0.2) is 27.8 Å². The van der Waals surface area contributed by atoms with Crippen LogP contribution in [0.25, 0.3) is 0 Å². The van der Waals surface area contributed by atoms with Crippen LogP contribution in [0.5, 0.6) is 0 Å². The molecule has 1 fully saturated rings. The lowest BCUT2D eigenvalue weighted by molar-refractivity contribution is -0.153. The molecule has 0 radical (unpaired) electrons. The van der Waals surface area contributed by atoms with Crippen LogP contribution in [0.4, 0.5) is 0 Å². The zero-order chi connectivity index (χ0) is 18.2. The van der Waals surface area contributed by atoms with Gasteiger partial charge >= 0.3 is 0 Å². The second-order valence-corrected chi connectivity index (χ2v) is 7.70. The summed E-state index contributed by atoms with van der Waals surface area (Å²) in [5.41, 5.74) is 1.36. The van der Waals surface area contributed by atoms with E-state index < -0.39 is 22.4 Å². The fraction of sp³-hybridized carbons (Fsp3) is 0.611. The van der Waals surface area contributed by atoms with E-state index in [2.05, 4.69) is 24.7 Å². The first kappa shape index (κ1) is 19.1. The lowest BCUT2D eigenvalue weighted by Gasteiger charge is -2.60. The summed E-state index contributed by atoms with van der Waals surface area (Å²) in [7, 11) is 0. The van der Waals surface area contributed by atoms with Crippen LogP contribution < -0.4 is 5.43 Å². The van der Waals surface area contributed by atoms with Gasteiger partial charge in [-0.15, -0.1) is 0 Å². The summed E-state index contributed by atoms with van der Waals surface area (Å²) in [6.07, 6.45) is 1.70. The Balaban J connectivity index is 3.51. The van der Waals surface area contributed by atoms with Gasteiger partial charge < -0.3 is 0 Å². The first-order chi connectivity index (χ1) is 10.3. The number of carbonyl (C=O) groups excluding carboxylic acids is 2. The molecule has 0 aromatic rings. The highest BCUT2D eigenvalue weighted by molar-refractivity contribution is 5.93. The molecular weight excluding hydrogens is 290 g/mol. The number of hydrazine groups is 1. The molecule has 1 aliphatic rings. The number of rotatable bonds is 4. The third-order valence-electron chi connectivity index (χ3n) is 4.79. The predicted octanol–water partition coefficient (Wildman–Crippen LogP) is 2.76. The maximum atomic E-state index is 11.9. The van der Waals surface area contributed by atoms with Gasteiger partial charge in [-0.1, -0.05) is 13.2 Å². The van der Waals surface area contributed by atoms with Crippen molar-refractivity contribution in [2.75, 3.05) is 0 Å². The average molecular weight is 317 g/mol. The van der Waals surface area contributed by atoms with E-state index in [-0.39, 0.29) is 11.7 Å². The summed E-state index contributed by atoms with van der Waals surface area (Å²) in [6, 6.07) is 2.39. The van der Waals surface area contributed by atoms with E-state index in [1.54, 1.807) is 0 Å². The molecule has 2 atom stereocenters. The normalized spacial score (nSPS) is 29.2. The number of hydrogen-bond acceptors (Lipinski definition) is 4. The topological polar surface area (TPSA) is 73.2 Å². The highest BCUT2D eigenvalue weighted by Gasteiger charge is 2.59. The first-order valence-corrected chi connectivity index (χ1v) is 7.68. The smallest absolute Gasteiger partial charge is 0.257 e. The van der Waals surface area contributed by atoms with Gasteiger partial charge in [-0.25, -0.2) is 5.01 Å². The van der Waals surface area contributed by atoms with Crippen molar-refractivity contribution in [3.05, 3.63) is 24.8 Å². The number of nitriles is 1. The van der Waals surface area contributed by atoms with Crippen LogP contribution in [-0.2, 0) is 9.59 Å². The number of ketones is 1. The minimum atomic E-state index is -0.759. The molecule has 0 bridgehead atoms. The molecule has 1 heterocycles. The summed E-state index contributed by atoms with van der Waals surface area (Å²) < 4.78 is 0. The van der Waals surface area contributed by atoms with Gasteiger partial charge in [-0.3, -0.25) is 15.0 Å². The van der Waals surface area contributed by atoms with Crippen molar-refractivity contribution >= 4 is 11.7 Å². The number of piperidine rings is 1. The Kier molecular flexibility index (Phi) is 4.93. The SMILES string of the molecule is C=CC(=O)NN1C(C)(C)CC(C)(C#N)C(C(=C)C(C)=O)C1(C)C. The van der Waals surface area contributed by atoms with Crippen molar-refractivity contribution in [1.82, 2.24) is 10.4 Å². The maximum absolute atomic E-state index is 11.9. The molecule has 126 valence electrons. The standard InChI is InChI=1S/C18H27N3O2/c1-9-14(23)20-21-16(4,5)10-18(8,11-19)15(17(21,6)7)12(2)13(3)22/h9,15H,1-2,10H2,3-8H3,(H,20,23). The van der Waals surface area contributed by atoms with E-state index in [0.29, 0.717) is 12.0 Å². The quantitative estimate of drug-likeness (QED) is 0.809. The van der Waals surface area contributed by atoms with Crippen LogP contribution in [0.3, 0.4) is 0 Å². The second-order valence-electron chi connectivity index (χ2n) is 7.70. The summed E-state index contributed by atoms with van der Waals surface area (Å²) in [4.78, 5) is 23.8. The van der Waals surface area contributed by atoms with Crippen molar-refractivity contribution < 1.29 is 9.59 Å². The Morgan fingerprint density at radius 3 is 2.22 bits per heavy atom. The van der Waals surface area contributed by atoms with E-state index in [0.717, 1.165) is 0 Å². The Morgan fingerprint density at radius 1 is 1.30 bits per heavy atom. The van der Waals surface area contributed by atoms with Crippen LogP contribution in [0.1, 0.15) is 48.0 Å². The number of nitrogens with one attached hydrogen (secondary N) is 1. The summed E-state index contributed by atoms with van der Waals surface area (Å²) >= 11 is 0. The first-order valence-electron chi connectivity index (χ1n) is 7.68. The molecule has 1 saturated heterocycles. The van der Waals surface area contributed by atoms with Gasteiger partial charge in [0.15, 0.2) is 5.78 Å². The van der Waals surface area contributed by atoms with Crippen molar-refractivity contribution in [1.29, 1.82) is 5.26 Å². The summed E-state index contributed by atoms with van der Waals surface area (Å²) in [5.74, 6) is -0.867. The van der Waals surface area contributed by atoms with Crippen molar-refractivity contribution in [3.8, 4) is 6.07 Å². The minimum Gasteiger partial charge on any atom is -0.295 e. The molecule has 1 amide bonds. The lowest BCUT2D eigenvalue weighted by atomic mass is 9.57. The monoisotopic (exact) mass is 317 g/mol. The highest BCUT2D eigenvalue weighted by Crippen LogP contribution is 2.53. The Labute approximate surface area is 139 Å². The zero-order valence-electron chi connectivity index (χ0n) is 15.0. The molecule has 0 saturated carbocycles. The zero-order valence-corrected chi connectivity index (χ0v) is 15.0. The third kappa shape index (κ3) is 3.23. The van der Waals surface area contributed by atoms with E-state index in [4.69, 9.17) is 0 Å². The van der Waals surface area contributed by atoms with Gasteiger partial charge in [0.2, 0.25) is 0 Å². The van der Waals surface area contributed by atoms with Crippen LogP contribution in [0.15, 0.2) is 24.8 Å². The largest absolute Gasteiger partial charge is 0.295 e. The fourth-order valence-electron chi connectivity index (χ4n) is 4.34. The predicted molar refractivity (Wildman–Crippen MR) is 90.0 cm³/mol. The summed E-state index contributed by atoms with van der Waals surface area (Å²) in [6.45, 7) is 18.5. The molecule has 1 rings (SSSR count). The van der Waals surface area contributed by atoms with E-state index >= 15 is 0 Å². The molecule has 1 N–H and O–H groups in total. The molecule has 5 nitrogen and oxygen atoms in total. The molecule has 0 aromatic carbocycles. The Hall–Kier alpha value is -1.93. The molecule has 0 aliphatic carbocycles. The number of nitrogens with zero attached hydrogens (tertiary/aromatic N) is 2. The van der Waals surface area contributed by atoms with Gasteiger partial charge in [0, 0.05) is 17.0 Å². The Morgan fingerprint density at radius 2 is 1.83 bits per heavy atom. The molecule has 1 aliphatic heterocycles. The number of hydrogen-bond donors (Lipinski definition) is 1. The molecule has 0 aromatic heterocycles. The van der Waals surface area contributed by atoms with Crippen molar-refractivity contribution in [3.63, 3.8) is 0 Å². The summed E-state index contributed by atoms with van der Waals surface area (Å²) in [5, 5.41) is 11.6. The minimum absolute atomic E-state index is 0.140. The van der Waals surface area contributed by atoms with Gasteiger partial charge in [0.05, 0.1) is 11.5 Å². The average Bonchev–Trinajstić information content (AvgIpc) is 2.41. The Bertz CT molecular complexity index is 598. The van der Waals surface area contributed by atoms with E-state index in [9.17, 15) is 14.9 Å². The van der Waals surface area contributed by atoms with E-state index in [1.165, 1.54) is 13.0 Å². The molecule has 0 spiro atoms. The lowest BCUT2D eigenvalue weighted by Crippen LogP contribution is -2.72. The van der Waals surface area contributed by atoms with Crippen molar-refractivity contribution in [2.45, 2.75) is 59.0 Å². The molecule has 5 heteroatoms. The fourth-order valence-corrected chi connectivity index (χ4v) is 4.34. The van der Waals surface area contributed by atoms with Crippen LogP contribution in [0, 0.1) is 22.7 Å². The van der Waals surface area contributed by atoms with Crippen molar-refractivity contribution in [2.24, 2.45) is 11.3 Å². The molecule has 23 heavy (non-hydrogen) atoms. The third-order valence-corrected chi connectivity index (χ3v) is 4.79. The van der Waals surface area contributed by atoms with E-state index in [1.807, 2.05) is 39.6 Å².